The summed E-state index contributed by atoms with van der Waals surface area (Å²) < 4.78 is 0.937. The second-order valence-corrected chi connectivity index (χ2v) is 7.29. The summed E-state index contributed by atoms with van der Waals surface area (Å²) in [5.74, 6) is -0.116. The first-order chi connectivity index (χ1) is 9.88. The number of rotatable bonds is 4. The maximum atomic E-state index is 12.7. The fourth-order valence-electron chi connectivity index (χ4n) is 1.95. The van der Waals surface area contributed by atoms with Gasteiger partial charge in [0.05, 0.1) is 9.90 Å². The van der Waals surface area contributed by atoms with Crippen LogP contribution in [0.15, 0.2) is 30.3 Å². The van der Waals surface area contributed by atoms with Crippen LogP contribution in [0.2, 0.25) is 8.67 Å². The van der Waals surface area contributed by atoms with Crippen molar-refractivity contribution in [1.82, 2.24) is 4.90 Å². The van der Waals surface area contributed by atoms with Gasteiger partial charge in [0.2, 0.25) is 0 Å². The minimum Gasteiger partial charge on any atom is -0.399 e. The molecule has 0 spiro atoms. The molecule has 112 valence electrons. The molecule has 0 fully saturated rings. The summed E-state index contributed by atoms with van der Waals surface area (Å²) >= 11 is 13.2. The lowest BCUT2D eigenvalue weighted by molar-refractivity contribution is 0.0691. The molecule has 0 aliphatic rings. The van der Waals surface area contributed by atoms with E-state index in [2.05, 4.69) is 0 Å². The van der Waals surface area contributed by atoms with Crippen LogP contribution in [0.1, 0.15) is 29.8 Å². The zero-order valence-corrected chi connectivity index (χ0v) is 14.1. The van der Waals surface area contributed by atoms with Crippen molar-refractivity contribution >= 4 is 46.1 Å². The van der Waals surface area contributed by atoms with E-state index in [0.717, 1.165) is 5.56 Å². The summed E-state index contributed by atoms with van der Waals surface area (Å²) in [6.45, 7) is 4.44. The number of hydrogen-bond donors (Lipinski definition) is 1. The molecule has 0 atom stereocenters. The zero-order valence-electron chi connectivity index (χ0n) is 11.8. The number of amides is 1. The topological polar surface area (TPSA) is 46.3 Å². The van der Waals surface area contributed by atoms with Crippen molar-refractivity contribution in [2.75, 3.05) is 5.73 Å². The quantitative estimate of drug-likeness (QED) is 0.819. The lowest BCUT2D eigenvalue weighted by atomic mass is 10.1. The van der Waals surface area contributed by atoms with E-state index in [9.17, 15) is 4.79 Å². The minimum atomic E-state index is -0.116. The van der Waals surface area contributed by atoms with Crippen LogP contribution in [-0.4, -0.2) is 16.8 Å². The van der Waals surface area contributed by atoms with E-state index in [0.29, 0.717) is 26.5 Å². The van der Waals surface area contributed by atoms with E-state index in [1.165, 1.54) is 11.3 Å². The van der Waals surface area contributed by atoms with Crippen LogP contribution < -0.4 is 5.73 Å². The van der Waals surface area contributed by atoms with Crippen LogP contribution in [0.3, 0.4) is 0 Å². The number of nitrogens with two attached hydrogens (primary N) is 1. The smallest absolute Gasteiger partial charge is 0.256 e. The average molecular weight is 343 g/mol. The van der Waals surface area contributed by atoms with Crippen molar-refractivity contribution in [3.05, 3.63) is 50.1 Å². The Morgan fingerprint density at radius 1 is 1.29 bits per heavy atom. The van der Waals surface area contributed by atoms with Gasteiger partial charge >= 0.3 is 0 Å². The van der Waals surface area contributed by atoms with Gasteiger partial charge in [0.1, 0.15) is 4.34 Å². The number of hydrogen-bond acceptors (Lipinski definition) is 3. The van der Waals surface area contributed by atoms with Crippen molar-refractivity contribution in [2.45, 2.75) is 26.4 Å². The van der Waals surface area contributed by atoms with Crippen LogP contribution >= 0.6 is 34.5 Å². The van der Waals surface area contributed by atoms with Crippen molar-refractivity contribution < 1.29 is 4.79 Å². The minimum absolute atomic E-state index is 0.0461. The molecule has 2 N–H and O–H groups in total. The Bertz CT molecular complexity index is 638. The molecule has 1 heterocycles. The van der Waals surface area contributed by atoms with Gasteiger partial charge in [0, 0.05) is 18.3 Å². The highest BCUT2D eigenvalue weighted by Gasteiger charge is 2.23. The SMILES string of the molecule is CC(C)N(Cc1ccc(N)cc1)C(=O)c1cc(Cl)sc1Cl. The molecule has 0 unspecified atom stereocenters. The highest BCUT2D eigenvalue weighted by atomic mass is 35.5. The Hall–Kier alpha value is -1.23. The van der Waals surface area contributed by atoms with Gasteiger partial charge in [0.15, 0.2) is 0 Å². The van der Waals surface area contributed by atoms with E-state index in [4.69, 9.17) is 28.9 Å². The number of nitrogen functional groups attached to an aromatic ring is 1. The lowest BCUT2D eigenvalue weighted by Crippen LogP contribution is -2.36. The third-order valence-electron chi connectivity index (χ3n) is 3.10. The number of thiophene rings is 1. The van der Waals surface area contributed by atoms with E-state index in [-0.39, 0.29) is 11.9 Å². The number of anilines is 1. The standard InChI is InChI=1S/C15H16Cl2N2OS/c1-9(2)19(8-10-3-5-11(18)6-4-10)15(20)12-7-13(16)21-14(12)17/h3-7,9H,8,18H2,1-2H3. The molecule has 3 nitrogen and oxygen atoms in total. The second-order valence-electron chi connectivity index (χ2n) is 5.01. The summed E-state index contributed by atoms with van der Waals surface area (Å²) in [7, 11) is 0. The van der Waals surface area contributed by atoms with Gasteiger partial charge < -0.3 is 10.6 Å². The Labute approximate surface area is 138 Å². The summed E-state index contributed by atoms with van der Waals surface area (Å²) in [5.41, 5.74) is 7.85. The van der Waals surface area contributed by atoms with Crippen molar-refractivity contribution in [3.63, 3.8) is 0 Å². The van der Waals surface area contributed by atoms with Crippen LogP contribution in [0.4, 0.5) is 5.69 Å². The molecule has 21 heavy (non-hydrogen) atoms. The summed E-state index contributed by atoms with van der Waals surface area (Å²) in [5, 5.41) is 0. The fourth-order valence-corrected chi connectivity index (χ4v) is 3.40. The average Bonchev–Trinajstić information content (AvgIpc) is 2.76. The summed E-state index contributed by atoms with van der Waals surface area (Å²) in [6.07, 6.45) is 0. The van der Waals surface area contributed by atoms with E-state index in [1.807, 2.05) is 38.1 Å². The van der Waals surface area contributed by atoms with Gasteiger partial charge in [-0.3, -0.25) is 4.79 Å². The van der Waals surface area contributed by atoms with Crippen molar-refractivity contribution in [3.8, 4) is 0 Å². The molecular formula is C15H16Cl2N2OS. The highest BCUT2D eigenvalue weighted by Crippen LogP contribution is 2.32. The normalized spacial score (nSPS) is 10.9. The molecule has 0 saturated heterocycles. The lowest BCUT2D eigenvalue weighted by Gasteiger charge is -2.27. The fraction of sp³-hybridized carbons (Fsp3) is 0.267. The molecule has 2 aromatic rings. The summed E-state index contributed by atoms with van der Waals surface area (Å²) in [4.78, 5) is 14.4. The number of halogens is 2. The largest absolute Gasteiger partial charge is 0.399 e. The summed E-state index contributed by atoms with van der Waals surface area (Å²) in [6, 6.07) is 9.15. The van der Waals surface area contributed by atoms with Gasteiger partial charge in [0.25, 0.3) is 5.91 Å². The molecule has 1 aromatic heterocycles. The second kappa shape index (κ2) is 6.69. The first kappa shape index (κ1) is 16.1. The molecule has 0 saturated carbocycles. The predicted molar refractivity (Wildman–Crippen MR) is 90.2 cm³/mol. The molecule has 0 radical (unpaired) electrons. The third kappa shape index (κ3) is 3.90. The molecule has 2 rings (SSSR count). The number of nitrogens with zero attached hydrogens (tertiary/aromatic N) is 1. The Kier molecular flexibility index (Phi) is 5.14. The Morgan fingerprint density at radius 2 is 1.90 bits per heavy atom. The number of carbonyl (C=O) groups is 1. The van der Waals surface area contributed by atoms with Crippen LogP contribution in [0.5, 0.6) is 0 Å². The third-order valence-corrected chi connectivity index (χ3v) is 4.59. The van der Waals surface area contributed by atoms with Crippen molar-refractivity contribution in [2.24, 2.45) is 0 Å². The molecular weight excluding hydrogens is 327 g/mol. The first-order valence-corrected chi connectivity index (χ1v) is 8.06. The van der Waals surface area contributed by atoms with E-state index in [1.54, 1.807) is 11.0 Å². The van der Waals surface area contributed by atoms with E-state index < -0.39 is 0 Å². The molecule has 6 heteroatoms. The maximum absolute atomic E-state index is 12.7. The van der Waals surface area contributed by atoms with Gasteiger partial charge in [-0.2, -0.15) is 0 Å². The number of benzene rings is 1. The van der Waals surface area contributed by atoms with Crippen LogP contribution in [0, 0.1) is 0 Å². The van der Waals surface area contributed by atoms with Crippen LogP contribution in [0.25, 0.3) is 0 Å². The molecule has 1 aromatic carbocycles. The molecule has 0 aliphatic heterocycles. The zero-order chi connectivity index (χ0) is 15.6. The van der Waals surface area contributed by atoms with E-state index >= 15 is 0 Å². The van der Waals surface area contributed by atoms with Gasteiger partial charge in [-0.25, -0.2) is 0 Å². The first-order valence-electron chi connectivity index (χ1n) is 6.48. The van der Waals surface area contributed by atoms with Gasteiger partial charge in [-0.05, 0) is 37.6 Å². The molecule has 0 bridgehead atoms. The maximum Gasteiger partial charge on any atom is 0.256 e. The highest BCUT2D eigenvalue weighted by molar-refractivity contribution is 7.20. The van der Waals surface area contributed by atoms with Crippen LogP contribution in [-0.2, 0) is 6.54 Å². The monoisotopic (exact) mass is 342 g/mol. The van der Waals surface area contributed by atoms with Crippen molar-refractivity contribution in [1.29, 1.82) is 0 Å². The molecule has 1 amide bonds. The van der Waals surface area contributed by atoms with Gasteiger partial charge in [-0.15, -0.1) is 11.3 Å². The predicted octanol–water partition coefficient (Wildman–Crippen LogP) is 4.69. The Morgan fingerprint density at radius 3 is 2.38 bits per heavy atom. The number of carbonyl (C=O) groups excluding carboxylic acids is 1. The Balaban J connectivity index is 2.24. The van der Waals surface area contributed by atoms with Gasteiger partial charge in [-0.1, -0.05) is 35.3 Å². The molecule has 0 aliphatic carbocycles.